The first-order valence-corrected chi connectivity index (χ1v) is 8.87. The van der Waals surface area contributed by atoms with Crippen molar-refractivity contribution in [3.63, 3.8) is 0 Å². The Balaban J connectivity index is 1.51. The van der Waals surface area contributed by atoms with E-state index in [1.807, 2.05) is 0 Å². The zero-order valence-electron chi connectivity index (χ0n) is 14.6. The number of aromatic nitrogens is 1. The second-order valence-electron chi connectivity index (χ2n) is 6.64. The molecule has 4 nitrogen and oxygen atoms in total. The van der Waals surface area contributed by atoms with E-state index in [-0.39, 0.29) is 23.2 Å². The Kier molecular flexibility index (Phi) is 4.71. The minimum atomic E-state index is -0.514. The largest absolute Gasteiger partial charge is 0.440 e. The summed E-state index contributed by atoms with van der Waals surface area (Å²) in [6.45, 7) is 1.01. The molecule has 0 spiro atoms. The van der Waals surface area contributed by atoms with Gasteiger partial charge in [-0.05, 0) is 49.2 Å². The first-order chi connectivity index (χ1) is 13.1. The van der Waals surface area contributed by atoms with Crippen molar-refractivity contribution < 1.29 is 18.0 Å². The minimum Gasteiger partial charge on any atom is -0.440 e. The fourth-order valence-electron chi connectivity index (χ4n) is 3.39. The van der Waals surface area contributed by atoms with E-state index in [4.69, 9.17) is 4.42 Å². The Hall–Kier alpha value is -3.02. The van der Waals surface area contributed by atoms with Gasteiger partial charge in [0.25, 0.3) is 5.91 Å². The van der Waals surface area contributed by atoms with Gasteiger partial charge in [-0.15, -0.1) is 0 Å². The summed E-state index contributed by atoms with van der Waals surface area (Å²) < 4.78 is 32.9. The van der Waals surface area contributed by atoms with Crippen molar-refractivity contribution in [3.8, 4) is 11.3 Å². The molecule has 2 aromatic carbocycles. The van der Waals surface area contributed by atoms with Gasteiger partial charge >= 0.3 is 0 Å². The van der Waals surface area contributed by atoms with Crippen LogP contribution in [0.3, 0.4) is 0 Å². The molecule has 0 saturated carbocycles. The molecule has 2 heterocycles. The lowest BCUT2D eigenvalue weighted by molar-refractivity contribution is 0.0694. The topological polar surface area (TPSA) is 46.3 Å². The zero-order chi connectivity index (χ0) is 18.8. The molecule has 1 saturated heterocycles. The number of oxazole rings is 1. The van der Waals surface area contributed by atoms with Gasteiger partial charge in [-0.1, -0.05) is 12.1 Å². The predicted molar refractivity (Wildman–Crippen MR) is 96.2 cm³/mol. The average molecular weight is 368 g/mol. The quantitative estimate of drug-likeness (QED) is 0.677. The Bertz CT molecular complexity index is 953. The summed E-state index contributed by atoms with van der Waals surface area (Å²) in [7, 11) is 0. The molecule has 0 aliphatic carbocycles. The van der Waals surface area contributed by atoms with E-state index in [1.165, 1.54) is 24.3 Å². The molecular formula is C21H18F2N2O2. The van der Waals surface area contributed by atoms with Crippen LogP contribution in [0.2, 0.25) is 0 Å². The smallest absolute Gasteiger partial charge is 0.256 e. The van der Waals surface area contributed by atoms with E-state index in [0.717, 1.165) is 18.4 Å². The van der Waals surface area contributed by atoms with E-state index in [0.29, 0.717) is 24.7 Å². The number of nitrogens with zero attached hydrogens (tertiary/aromatic N) is 2. The van der Waals surface area contributed by atoms with Crippen molar-refractivity contribution in [2.45, 2.75) is 18.8 Å². The predicted octanol–water partition coefficient (Wildman–Crippen LogP) is 4.64. The molecule has 6 heteroatoms. The van der Waals surface area contributed by atoms with Crippen molar-refractivity contribution in [2.24, 2.45) is 0 Å². The third-order valence-corrected chi connectivity index (χ3v) is 4.81. The standard InChI is InChI=1S/C21H18F2N2O2/c22-16-9-7-14(8-10-16)19-12-24-20(27-19)15-4-3-11-25(13-15)21(26)17-5-1-2-6-18(17)23/h1-2,5-10,12,15H,3-4,11,13H2. The van der Waals surface area contributed by atoms with Crippen LogP contribution < -0.4 is 0 Å². The van der Waals surface area contributed by atoms with Crippen LogP contribution in [-0.4, -0.2) is 28.9 Å². The van der Waals surface area contributed by atoms with Crippen LogP contribution in [0.4, 0.5) is 8.78 Å². The number of carbonyl (C=O) groups is 1. The SMILES string of the molecule is O=C(c1ccccc1F)N1CCCC(c2ncc(-c3ccc(F)cc3)o2)C1. The number of amides is 1. The highest BCUT2D eigenvalue weighted by molar-refractivity contribution is 5.94. The van der Waals surface area contributed by atoms with E-state index in [1.54, 1.807) is 35.4 Å². The molecule has 27 heavy (non-hydrogen) atoms. The molecule has 1 aliphatic rings. The lowest BCUT2D eigenvalue weighted by Crippen LogP contribution is -2.39. The van der Waals surface area contributed by atoms with Crippen molar-refractivity contribution in [3.05, 3.63) is 77.8 Å². The summed E-state index contributed by atoms with van der Waals surface area (Å²) in [6, 6.07) is 12.0. The molecular weight excluding hydrogens is 350 g/mol. The number of piperidine rings is 1. The highest BCUT2D eigenvalue weighted by Gasteiger charge is 2.29. The number of carbonyl (C=O) groups excluding carboxylic acids is 1. The van der Waals surface area contributed by atoms with Crippen LogP contribution in [0.25, 0.3) is 11.3 Å². The summed E-state index contributed by atoms with van der Waals surface area (Å²) in [5.41, 5.74) is 0.822. The Labute approximate surface area is 155 Å². The first kappa shape index (κ1) is 17.4. The number of halogens is 2. The molecule has 1 aromatic heterocycles. The lowest BCUT2D eigenvalue weighted by atomic mass is 9.97. The highest BCUT2D eigenvalue weighted by Crippen LogP contribution is 2.30. The molecule has 0 radical (unpaired) electrons. The van der Waals surface area contributed by atoms with E-state index >= 15 is 0 Å². The molecule has 3 aromatic rings. The van der Waals surface area contributed by atoms with Crippen LogP contribution in [0, 0.1) is 11.6 Å². The van der Waals surface area contributed by atoms with Gasteiger partial charge < -0.3 is 9.32 Å². The molecule has 0 N–H and O–H groups in total. The van der Waals surface area contributed by atoms with Crippen molar-refractivity contribution in [2.75, 3.05) is 13.1 Å². The minimum absolute atomic E-state index is 0.0522. The monoisotopic (exact) mass is 368 g/mol. The fourth-order valence-corrected chi connectivity index (χ4v) is 3.39. The van der Waals surface area contributed by atoms with Gasteiger partial charge in [0.05, 0.1) is 17.7 Å². The van der Waals surface area contributed by atoms with Crippen molar-refractivity contribution in [1.82, 2.24) is 9.88 Å². The van der Waals surface area contributed by atoms with Crippen molar-refractivity contribution >= 4 is 5.91 Å². The summed E-state index contributed by atoms with van der Waals surface area (Å²) in [4.78, 5) is 18.7. The average Bonchev–Trinajstić information content (AvgIpc) is 3.19. The number of rotatable bonds is 3. The Morgan fingerprint density at radius 2 is 1.89 bits per heavy atom. The number of hydrogen-bond donors (Lipinski definition) is 0. The summed E-state index contributed by atoms with van der Waals surface area (Å²) in [5, 5.41) is 0. The van der Waals surface area contributed by atoms with Gasteiger partial charge in [0.1, 0.15) is 11.6 Å². The molecule has 1 aliphatic heterocycles. The van der Waals surface area contributed by atoms with Crippen LogP contribution in [0.5, 0.6) is 0 Å². The second-order valence-corrected chi connectivity index (χ2v) is 6.64. The van der Waals surface area contributed by atoms with Gasteiger partial charge in [-0.3, -0.25) is 4.79 Å². The molecule has 138 valence electrons. The van der Waals surface area contributed by atoms with E-state index in [9.17, 15) is 13.6 Å². The van der Waals surface area contributed by atoms with E-state index in [2.05, 4.69) is 4.98 Å². The summed E-state index contributed by atoms with van der Waals surface area (Å²) in [5.74, 6) is -0.0953. The third-order valence-electron chi connectivity index (χ3n) is 4.81. The molecule has 1 fully saturated rings. The molecule has 1 atom stereocenters. The Morgan fingerprint density at radius 1 is 1.11 bits per heavy atom. The maximum atomic E-state index is 13.9. The normalized spacial score (nSPS) is 17.1. The second kappa shape index (κ2) is 7.31. The van der Waals surface area contributed by atoms with Gasteiger partial charge in [0.2, 0.25) is 0 Å². The zero-order valence-corrected chi connectivity index (χ0v) is 14.6. The van der Waals surface area contributed by atoms with Gasteiger partial charge in [0, 0.05) is 18.7 Å². The van der Waals surface area contributed by atoms with Gasteiger partial charge in [-0.2, -0.15) is 0 Å². The van der Waals surface area contributed by atoms with Crippen LogP contribution in [-0.2, 0) is 0 Å². The number of hydrogen-bond acceptors (Lipinski definition) is 3. The summed E-state index contributed by atoms with van der Waals surface area (Å²) >= 11 is 0. The number of benzene rings is 2. The maximum Gasteiger partial charge on any atom is 0.256 e. The van der Waals surface area contributed by atoms with Gasteiger partial charge in [-0.25, -0.2) is 13.8 Å². The molecule has 0 bridgehead atoms. The molecule has 1 amide bonds. The molecule has 4 rings (SSSR count). The van der Waals surface area contributed by atoms with Crippen LogP contribution in [0.15, 0.2) is 59.1 Å². The highest BCUT2D eigenvalue weighted by atomic mass is 19.1. The summed E-state index contributed by atoms with van der Waals surface area (Å²) in [6.07, 6.45) is 3.24. The Morgan fingerprint density at radius 3 is 2.67 bits per heavy atom. The van der Waals surface area contributed by atoms with Crippen molar-refractivity contribution in [1.29, 1.82) is 0 Å². The van der Waals surface area contributed by atoms with Gasteiger partial charge in [0.15, 0.2) is 11.7 Å². The lowest BCUT2D eigenvalue weighted by Gasteiger charge is -2.31. The molecule has 1 unspecified atom stereocenters. The third kappa shape index (κ3) is 3.60. The van der Waals surface area contributed by atoms with Crippen LogP contribution >= 0.6 is 0 Å². The van der Waals surface area contributed by atoms with E-state index < -0.39 is 5.82 Å². The maximum absolute atomic E-state index is 13.9. The number of likely N-dealkylation sites (tertiary alicyclic amines) is 1. The van der Waals surface area contributed by atoms with Crippen LogP contribution in [0.1, 0.15) is 35.0 Å². The first-order valence-electron chi connectivity index (χ1n) is 8.87. The fraction of sp³-hybridized carbons (Fsp3) is 0.238.